The van der Waals surface area contributed by atoms with Gasteiger partial charge in [-0.3, -0.25) is 4.79 Å². The third kappa shape index (κ3) is 3.37. The Hall–Kier alpha value is -2.55. The zero-order valence-corrected chi connectivity index (χ0v) is 12.6. The lowest BCUT2D eigenvalue weighted by Gasteiger charge is -2.12. The van der Waals surface area contributed by atoms with Gasteiger partial charge in [0, 0.05) is 12.8 Å². The Morgan fingerprint density at radius 3 is 2.77 bits per heavy atom. The summed E-state index contributed by atoms with van der Waals surface area (Å²) >= 11 is 1.44. The summed E-state index contributed by atoms with van der Waals surface area (Å²) in [6.45, 7) is 0. The number of thioether (sulfide) groups is 1. The Bertz CT molecular complexity index is 738. The van der Waals surface area contributed by atoms with Gasteiger partial charge in [-0.15, -0.1) is 10.2 Å². The molecule has 0 saturated carbocycles. The molecule has 9 heteroatoms. The highest BCUT2D eigenvalue weighted by Crippen LogP contribution is 2.14. The molecule has 2 aromatic rings. The van der Waals surface area contributed by atoms with Gasteiger partial charge in [-0.25, -0.2) is 4.68 Å². The Labute approximate surface area is 130 Å². The van der Waals surface area contributed by atoms with Crippen LogP contribution in [0.5, 0.6) is 0 Å². The summed E-state index contributed by atoms with van der Waals surface area (Å²) in [5.41, 5.74) is 1.93. The van der Waals surface area contributed by atoms with Crippen molar-refractivity contribution in [3.63, 3.8) is 0 Å². The van der Waals surface area contributed by atoms with Crippen molar-refractivity contribution in [1.82, 2.24) is 25.5 Å². The van der Waals surface area contributed by atoms with Crippen LogP contribution in [0.3, 0.4) is 0 Å². The first-order chi connectivity index (χ1) is 10.7. The molecule has 1 amide bonds. The molecule has 1 aliphatic rings. The zero-order chi connectivity index (χ0) is 15.4. The Kier molecular flexibility index (Phi) is 4.24. The van der Waals surface area contributed by atoms with Gasteiger partial charge in [-0.1, -0.05) is 42.1 Å². The van der Waals surface area contributed by atoms with Crippen LogP contribution in [-0.2, 0) is 18.3 Å². The summed E-state index contributed by atoms with van der Waals surface area (Å²) in [7, 11) is 1.69. The number of amidine groups is 1. The minimum absolute atomic E-state index is 0.0956. The van der Waals surface area contributed by atoms with Crippen LogP contribution in [0, 0.1) is 0 Å². The van der Waals surface area contributed by atoms with Gasteiger partial charge in [0.25, 0.3) is 0 Å². The average Bonchev–Trinajstić information content (AvgIpc) is 2.94. The molecule has 0 aliphatic carbocycles. The maximum absolute atomic E-state index is 11.9. The summed E-state index contributed by atoms with van der Waals surface area (Å²) in [6.07, 6.45) is 0.0956. The monoisotopic (exact) mass is 315 g/mol. The fourth-order valence-corrected chi connectivity index (χ4v) is 2.62. The van der Waals surface area contributed by atoms with Crippen molar-refractivity contribution in [3.8, 4) is 0 Å². The van der Waals surface area contributed by atoms with Crippen LogP contribution >= 0.6 is 11.8 Å². The quantitative estimate of drug-likeness (QED) is 0.883. The molecule has 8 nitrogen and oxygen atoms in total. The standard InChI is InChI=1S/C13H13N7OS/c1-20-11(16-18-19-20)7-12(21)14-13-17-15-10(8-22-13)9-5-3-2-4-6-9/h2-6H,7-8H2,1H3,(H,14,17,21). The topological polar surface area (TPSA) is 97.4 Å². The highest BCUT2D eigenvalue weighted by molar-refractivity contribution is 8.14. The molecule has 3 rings (SSSR count). The number of nitrogens with zero attached hydrogens (tertiary/aromatic N) is 6. The van der Waals surface area contributed by atoms with Gasteiger partial charge in [-0.2, -0.15) is 5.10 Å². The fourth-order valence-electron chi connectivity index (χ4n) is 1.84. The zero-order valence-electron chi connectivity index (χ0n) is 11.8. The molecule has 0 unspecified atom stereocenters. The first-order valence-electron chi connectivity index (χ1n) is 6.56. The molecule has 0 spiro atoms. The van der Waals surface area contributed by atoms with Crippen LogP contribution in [0.2, 0.25) is 0 Å². The highest BCUT2D eigenvalue weighted by atomic mass is 32.2. The molecular weight excluding hydrogens is 302 g/mol. The van der Waals surface area contributed by atoms with Crippen molar-refractivity contribution in [2.75, 3.05) is 5.75 Å². The summed E-state index contributed by atoms with van der Waals surface area (Å²) in [4.78, 5) is 11.9. The van der Waals surface area contributed by atoms with E-state index in [0.29, 0.717) is 16.7 Å². The molecule has 0 bridgehead atoms. The number of rotatable bonds is 3. The van der Waals surface area contributed by atoms with Crippen LogP contribution in [0.25, 0.3) is 0 Å². The maximum atomic E-state index is 11.9. The van der Waals surface area contributed by atoms with Gasteiger partial charge in [-0.05, 0) is 16.0 Å². The van der Waals surface area contributed by atoms with Gasteiger partial charge in [0.15, 0.2) is 11.0 Å². The number of hydrogen-bond acceptors (Lipinski definition) is 7. The molecule has 0 fully saturated rings. The largest absolute Gasteiger partial charge is 0.303 e. The highest BCUT2D eigenvalue weighted by Gasteiger charge is 2.16. The molecule has 22 heavy (non-hydrogen) atoms. The molecule has 0 saturated heterocycles. The average molecular weight is 315 g/mol. The van der Waals surface area contributed by atoms with Crippen molar-refractivity contribution in [3.05, 3.63) is 41.7 Å². The second-order valence-electron chi connectivity index (χ2n) is 4.55. The van der Waals surface area contributed by atoms with Crippen molar-refractivity contribution >= 4 is 28.5 Å². The second-order valence-corrected chi connectivity index (χ2v) is 5.51. The van der Waals surface area contributed by atoms with E-state index in [9.17, 15) is 4.79 Å². The van der Waals surface area contributed by atoms with Gasteiger partial charge in [0.2, 0.25) is 5.91 Å². The molecule has 0 atom stereocenters. The number of carbonyl (C=O) groups excluding carboxylic acids is 1. The molecule has 0 radical (unpaired) electrons. The normalized spacial score (nSPS) is 14.2. The summed E-state index contributed by atoms with van der Waals surface area (Å²) in [5, 5.41) is 22.4. The van der Waals surface area contributed by atoms with Gasteiger partial charge in [0.05, 0.1) is 12.1 Å². The number of hydrogen-bond donors (Lipinski definition) is 1. The van der Waals surface area contributed by atoms with E-state index >= 15 is 0 Å². The SMILES string of the molecule is Cn1nnnc1CC(=O)NC1=NN=C(c2ccccc2)CS1. The number of aryl methyl sites for hydroxylation is 1. The lowest BCUT2D eigenvalue weighted by atomic mass is 10.1. The predicted octanol–water partition coefficient (Wildman–Crippen LogP) is 0.376. The van der Waals surface area contributed by atoms with Crippen LogP contribution in [-0.4, -0.2) is 42.7 Å². The summed E-state index contributed by atoms with van der Waals surface area (Å²) < 4.78 is 1.46. The number of aromatic nitrogens is 4. The molecule has 2 heterocycles. The number of benzene rings is 1. The molecular formula is C13H13N7OS. The number of nitrogens with one attached hydrogen (secondary N) is 1. The first kappa shape index (κ1) is 14.4. The Balaban J connectivity index is 1.62. The lowest BCUT2D eigenvalue weighted by Crippen LogP contribution is -2.32. The number of amides is 1. The maximum Gasteiger partial charge on any atom is 0.233 e. The third-order valence-corrected chi connectivity index (χ3v) is 3.86. The van der Waals surface area contributed by atoms with E-state index in [0.717, 1.165) is 11.3 Å². The van der Waals surface area contributed by atoms with Gasteiger partial charge < -0.3 is 5.32 Å². The van der Waals surface area contributed by atoms with E-state index in [1.165, 1.54) is 16.4 Å². The van der Waals surface area contributed by atoms with E-state index in [4.69, 9.17) is 0 Å². The van der Waals surface area contributed by atoms with E-state index in [1.807, 2.05) is 30.3 Å². The van der Waals surface area contributed by atoms with E-state index in [-0.39, 0.29) is 12.3 Å². The summed E-state index contributed by atoms with van der Waals surface area (Å²) in [6, 6.07) is 9.84. The minimum atomic E-state index is -0.220. The Morgan fingerprint density at radius 2 is 2.14 bits per heavy atom. The summed E-state index contributed by atoms with van der Waals surface area (Å²) in [5.74, 6) is 0.934. The molecule has 1 N–H and O–H groups in total. The van der Waals surface area contributed by atoms with E-state index in [1.54, 1.807) is 7.05 Å². The third-order valence-electron chi connectivity index (χ3n) is 2.99. The first-order valence-corrected chi connectivity index (χ1v) is 7.55. The van der Waals surface area contributed by atoms with Crippen LogP contribution in [0.1, 0.15) is 11.4 Å². The predicted molar refractivity (Wildman–Crippen MR) is 83.5 cm³/mol. The number of carbonyl (C=O) groups is 1. The second kappa shape index (κ2) is 6.48. The molecule has 112 valence electrons. The van der Waals surface area contributed by atoms with Crippen LogP contribution < -0.4 is 5.32 Å². The molecule has 1 aliphatic heterocycles. The van der Waals surface area contributed by atoms with Crippen LogP contribution in [0.4, 0.5) is 0 Å². The Morgan fingerprint density at radius 1 is 1.32 bits per heavy atom. The van der Waals surface area contributed by atoms with Crippen molar-refractivity contribution in [2.24, 2.45) is 17.3 Å². The molecule has 1 aromatic carbocycles. The van der Waals surface area contributed by atoms with Crippen molar-refractivity contribution in [1.29, 1.82) is 0 Å². The van der Waals surface area contributed by atoms with Crippen molar-refractivity contribution in [2.45, 2.75) is 6.42 Å². The lowest BCUT2D eigenvalue weighted by molar-refractivity contribution is -0.119. The van der Waals surface area contributed by atoms with E-state index in [2.05, 4.69) is 31.0 Å². The van der Waals surface area contributed by atoms with Crippen LogP contribution in [0.15, 0.2) is 40.5 Å². The molecule has 1 aromatic heterocycles. The fraction of sp³-hybridized carbons (Fsp3) is 0.231. The van der Waals surface area contributed by atoms with Gasteiger partial charge >= 0.3 is 0 Å². The van der Waals surface area contributed by atoms with Crippen molar-refractivity contribution < 1.29 is 4.79 Å². The van der Waals surface area contributed by atoms with E-state index < -0.39 is 0 Å². The van der Waals surface area contributed by atoms with Gasteiger partial charge in [0.1, 0.15) is 0 Å². The minimum Gasteiger partial charge on any atom is -0.303 e. The smallest absolute Gasteiger partial charge is 0.233 e. The number of tetrazole rings is 1.